The largest absolute Gasteiger partial charge is 0.457 e. The number of aryl methyl sites for hydroxylation is 1. The molecule has 1 aliphatic heterocycles. The van der Waals surface area contributed by atoms with Gasteiger partial charge in [-0.2, -0.15) is 0 Å². The van der Waals surface area contributed by atoms with Gasteiger partial charge in [-0.3, -0.25) is 9.69 Å². The first-order valence-electron chi connectivity index (χ1n) is 11.4. The Morgan fingerprint density at radius 1 is 1.00 bits per heavy atom. The van der Waals surface area contributed by atoms with Crippen molar-refractivity contribution in [2.24, 2.45) is 4.99 Å². The highest BCUT2D eigenvalue weighted by Crippen LogP contribution is 2.39. The lowest BCUT2D eigenvalue weighted by molar-refractivity contribution is -0.124. The number of hydrogen-bond acceptors (Lipinski definition) is 4. The van der Waals surface area contributed by atoms with Crippen molar-refractivity contribution in [3.8, 4) is 11.3 Å². The van der Waals surface area contributed by atoms with Crippen LogP contribution in [0.5, 0.6) is 0 Å². The van der Waals surface area contributed by atoms with E-state index in [1.807, 2.05) is 53.4 Å². The number of carbonyl (C=O) groups excluding carboxylic acids is 1. The van der Waals surface area contributed by atoms with Crippen molar-refractivity contribution in [2.45, 2.75) is 45.1 Å². The number of nitrogens with zero attached hydrogens (tertiary/aromatic N) is 2. The van der Waals surface area contributed by atoms with Gasteiger partial charge in [0.2, 0.25) is 0 Å². The number of benzene rings is 2. The molecule has 1 amide bonds. The molecule has 0 spiro atoms. The number of amidine groups is 1. The third kappa shape index (κ3) is 4.97. The number of halogens is 2. The van der Waals surface area contributed by atoms with E-state index < -0.39 is 0 Å². The van der Waals surface area contributed by atoms with Crippen molar-refractivity contribution >= 4 is 57.8 Å². The summed E-state index contributed by atoms with van der Waals surface area (Å²) in [7, 11) is 0. The van der Waals surface area contributed by atoms with Crippen LogP contribution in [-0.4, -0.2) is 22.0 Å². The van der Waals surface area contributed by atoms with Gasteiger partial charge in [0.25, 0.3) is 5.91 Å². The van der Waals surface area contributed by atoms with E-state index in [4.69, 9.17) is 32.6 Å². The van der Waals surface area contributed by atoms with Gasteiger partial charge in [-0.15, -0.1) is 0 Å². The van der Waals surface area contributed by atoms with Crippen molar-refractivity contribution in [3.63, 3.8) is 0 Å². The topological polar surface area (TPSA) is 45.8 Å². The van der Waals surface area contributed by atoms with Gasteiger partial charge in [-0.25, -0.2) is 4.99 Å². The standard InChI is InChI=1S/C27H24Cl2N2O2S/c1-17-7-10-19(11-8-17)30-27-31(20-5-3-2-4-6-20)26(32)25(34-27)16-21-12-14-24(33-21)18-9-13-22(28)23(29)15-18/h7-16,20H,2-6H2,1H3/b25-16+,30-27?. The number of amides is 1. The van der Waals surface area contributed by atoms with Crippen molar-refractivity contribution in [2.75, 3.05) is 0 Å². The van der Waals surface area contributed by atoms with Crippen LogP contribution in [0.3, 0.4) is 0 Å². The van der Waals surface area contributed by atoms with E-state index >= 15 is 0 Å². The molecule has 0 bridgehead atoms. The Hall–Kier alpha value is -2.47. The van der Waals surface area contributed by atoms with Crippen molar-refractivity contribution in [1.29, 1.82) is 0 Å². The normalized spacial score (nSPS) is 19.5. The minimum absolute atomic E-state index is 0.00440. The zero-order chi connectivity index (χ0) is 23.7. The van der Waals surface area contributed by atoms with E-state index in [9.17, 15) is 4.79 Å². The molecule has 4 nitrogen and oxygen atoms in total. The molecule has 2 heterocycles. The highest BCUT2D eigenvalue weighted by atomic mass is 35.5. The van der Waals surface area contributed by atoms with Gasteiger partial charge in [0, 0.05) is 17.7 Å². The summed E-state index contributed by atoms with van der Waals surface area (Å²) in [6.45, 7) is 2.05. The van der Waals surface area contributed by atoms with Crippen LogP contribution in [0.15, 0.2) is 68.9 Å². The summed E-state index contributed by atoms with van der Waals surface area (Å²) in [6.07, 6.45) is 7.33. The molecule has 1 saturated heterocycles. The zero-order valence-corrected chi connectivity index (χ0v) is 21.1. The molecule has 5 rings (SSSR count). The van der Waals surface area contributed by atoms with Crippen LogP contribution in [0.4, 0.5) is 5.69 Å². The molecule has 1 aromatic heterocycles. The molecule has 34 heavy (non-hydrogen) atoms. The van der Waals surface area contributed by atoms with Gasteiger partial charge < -0.3 is 4.42 Å². The molecule has 174 valence electrons. The van der Waals surface area contributed by atoms with Gasteiger partial charge in [0.05, 0.1) is 20.6 Å². The Labute approximate surface area is 213 Å². The Kier molecular flexibility index (Phi) is 6.87. The van der Waals surface area contributed by atoms with Gasteiger partial charge in [0.15, 0.2) is 5.17 Å². The van der Waals surface area contributed by atoms with Crippen molar-refractivity contribution in [3.05, 3.63) is 80.9 Å². The van der Waals surface area contributed by atoms with E-state index in [0.717, 1.165) is 42.1 Å². The fraction of sp³-hybridized carbons (Fsp3) is 0.259. The summed E-state index contributed by atoms with van der Waals surface area (Å²) in [5.41, 5.74) is 2.86. The molecule has 1 saturated carbocycles. The molecule has 2 fully saturated rings. The zero-order valence-electron chi connectivity index (χ0n) is 18.8. The summed E-state index contributed by atoms with van der Waals surface area (Å²) < 4.78 is 6.02. The van der Waals surface area contributed by atoms with E-state index in [0.29, 0.717) is 26.5 Å². The predicted octanol–water partition coefficient (Wildman–Crippen LogP) is 8.50. The third-order valence-electron chi connectivity index (χ3n) is 6.14. The van der Waals surface area contributed by atoms with E-state index in [1.54, 1.807) is 12.1 Å². The number of furan rings is 1. The molecule has 2 aliphatic rings. The Morgan fingerprint density at radius 3 is 2.50 bits per heavy atom. The van der Waals surface area contributed by atoms with Crippen molar-refractivity contribution < 1.29 is 9.21 Å². The van der Waals surface area contributed by atoms with Crippen LogP contribution in [0, 0.1) is 6.92 Å². The number of hydrogen-bond donors (Lipinski definition) is 0. The lowest BCUT2D eigenvalue weighted by Crippen LogP contribution is -2.40. The minimum Gasteiger partial charge on any atom is -0.457 e. The monoisotopic (exact) mass is 510 g/mol. The van der Waals surface area contributed by atoms with Gasteiger partial charge >= 0.3 is 0 Å². The van der Waals surface area contributed by atoms with Crippen LogP contribution in [-0.2, 0) is 4.79 Å². The smallest absolute Gasteiger partial charge is 0.267 e. The van der Waals surface area contributed by atoms with Gasteiger partial charge in [0.1, 0.15) is 11.5 Å². The SMILES string of the molecule is Cc1ccc(N=C2S/C(=C/c3ccc(-c4ccc(Cl)c(Cl)c4)o3)C(=O)N2C2CCCCC2)cc1. The Bertz CT molecular complexity index is 1270. The second kappa shape index (κ2) is 10.0. The summed E-state index contributed by atoms with van der Waals surface area (Å²) in [5, 5.41) is 1.70. The summed E-state index contributed by atoms with van der Waals surface area (Å²) >= 11 is 13.6. The molecule has 0 unspecified atom stereocenters. The summed E-state index contributed by atoms with van der Waals surface area (Å²) in [5.74, 6) is 1.27. The van der Waals surface area contributed by atoms with Crippen LogP contribution >= 0.6 is 35.0 Å². The van der Waals surface area contributed by atoms with Crippen LogP contribution in [0.2, 0.25) is 10.0 Å². The Morgan fingerprint density at radius 2 is 1.76 bits per heavy atom. The number of thioether (sulfide) groups is 1. The molecule has 0 N–H and O–H groups in total. The number of carbonyl (C=O) groups is 1. The molecule has 0 radical (unpaired) electrons. The first-order valence-corrected chi connectivity index (χ1v) is 13.0. The quantitative estimate of drug-likeness (QED) is 0.330. The van der Waals surface area contributed by atoms with E-state index in [2.05, 4.69) is 6.92 Å². The lowest BCUT2D eigenvalue weighted by Gasteiger charge is -2.30. The first-order chi connectivity index (χ1) is 16.5. The highest BCUT2D eigenvalue weighted by molar-refractivity contribution is 8.18. The fourth-order valence-corrected chi connectivity index (χ4v) is 5.66. The van der Waals surface area contributed by atoms with Crippen LogP contribution in [0.1, 0.15) is 43.4 Å². The van der Waals surface area contributed by atoms with Crippen LogP contribution in [0.25, 0.3) is 17.4 Å². The maximum atomic E-state index is 13.5. The van der Waals surface area contributed by atoms with Gasteiger partial charge in [-0.1, -0.05) is 60.2 Å². The Balaban J connectivity index is 1.45. The maximum Gasteiger partial charge on any atom is 0.267 e. The highest BCUT2D eigenvalue weighted by Gasteiger charge is 2.38. The number of rotatable bonds is 4. The van der Waals surface area contributed by atoms with Gasteiger partial charge in [-0.05, 0) is 74.0 Å². The average Bonchev–Trinajstić information content (AvgIpc) is 3.42. The van der Waals surface area contributed by atoms with E-state index in [-0.39, 0.29) is 11.9 Å². The predicted molar refractivity (Wildman–Crippen MR) is 142 cm³/mol. The molecule has 7 heteroatoms. The van der Waals surface area contributed by atoms with Crippen molar-refractivity contribution in [1.82, 2.24) is 4.90 Å². The second-order valence-corrected chi connectivity index (χ2v) is 10.5. The number of aliphatic imine (C=N–C) groups is 1. The molecule has 3 aromatic rings. The maximum absolute atomic E-state index is 13.5. The minimum atomic E-state index is -0.00440. The lowest BCUT2D eigenvalue weighted by atomic mass is 9.94. The molecule has 2 aromatic carbocycles. The summed E-state index contributed by atoms with van der Waals surface area (Å²) in [4.78, 5) is 20.9. The third-order valence-corrected chi connectivity index (χ3v) is 7.86. The summed E-state index contributed by atoms with van der Waals surface area (Å²) in [6, 6.07) is 17.3. The average molecular weight is 511 g/mol. The fourth-order valence-electron chi connectivity index (χ4n) is 4.32. The second-order valence-electron chi connectivity index (χ2n) is 8.64. The molecular formula is C27H24Cl2N2O2S. The van der Waals surface area contributed by atoms with E-state index in [1.165, 1.54) is 23.7 Å². The van der Waals surface area contributed by atoms with Crippen LogP contribution < -0.4 is 0 Å². The first kappa shape index (κ1) is 23.3. The molecule has 0 atom stereocenters. The molecule has 1 aliphatic carbocycles. The molecular weight excluding hydrogens is 487 g/mol.